The van der Waals surface area contributed by atoms with Crippen molar-refractivity contribution in [2.75, 3.05) is 28.8 Å². The van der Waals surface area contributed by atoms with Crippen molar-refractivity contribution in [1.29, 1.82) is 0 Å². The average Bonchev–Trinajstić information content (AvgIpc) is 3.35. The first-order valence-electron chi connectivity index (χ1n) is 12.3. The average molecular weight is 617 g/mol. The zero-order chi connectivity index (χ0) is 25.1. The third kappa shape index (κ3) is 5.31. The summed E-state index contributed by atoms with van der Waals surface area (Å²) < 4.78 is 12.8. The highest BCUT2D eigenvalue weighted by atomic mass is 127. The number of hydrogen-bond acceptors (Lipinski definition) is 6. The van der Waals surface area contributed by atoms with Crippen LogP contribution in [0.3, 0.4) is 0 Å². The minimum Gasteiger partial charge on any atom is -0.465 e. The molecule has 1 unspecified atom stereocenters. The second-order valence-electron chi connectivity index (χ2n) is 9.25. The van der Waals surface area contributed by atoms with Gasteiger partial charge in [-0.25, -0.2) is 4.79 Å². The summed E-state index contributed by atoms with van der Waals surface area (Å²) in [4.78, 5) is 25.9. The fourth-order valence-electron chi connectivity index (χ4n) is 5.09. The number of halogens is 1. The summed E-state index contributed by atoms with van der Waals surface area (Å²) in [6.07, 6.45) is 4.81. The molecule has 1 aliphatic heterocycles. The zero-order valence-electron chi connectivity index (χ0n) is 20.2. The SMILES string of the molecule is COC(=O)c1c(C2CCc3ccccc3C2)csc1NC(=O)c1ccc(N(I)C2CCOCC2)cc1. The first kappa shape index (κ1) is 25.2. The number of nitrogens with zero attached hydrogens (tertiary/aromatic N) is 1. The molecular formula is C28H29IN2O4S. The van der Waals surface area contributed by atoms with E-state index in [1.807, 2.05) is 29.6 Å². The molecule has 1 aliphatic carbocycles. The van der Waals surface area contributed by atoms with Crippen LogP contribution in [-0.4, -0.2) is 38.2 Å². The summed E-state index contributed by atoms with van der Waals surface area (Å²) in [7, 11) is 1.39. The summed E-state index contributed by atoms with van der Waals surface area (Å²) in [6.45, 7) is 1.56. The number of anilines is 2. The molecule has 0 radical (unpaired) electrons. The van der Waals surface area contributed by atoms with Crippen molar-refractivity contribution < 1.29 is 19.1 Å². The van der Waals surface area contributed by atoms with Crippen molar-refractivity contribution >= 4 is 56.8 Å². The summed E-state index contributed by atoms with van der Waals surface area (Å²) in [6, 6.07) is 16.5. The van der Waals surface area contributed by atoms with Crippen molar-refractivity contribution in [2.24, 2.45) is 0 Å². The molecule has 6 nitrogen and oxygen atoms in total. The largest absolute Gasteiger partial charge is 0.465 e. The molecule has 0 bridgehead atoms. The maximum absolute atomic E-state index is 13.1. The van der Waals surface area contributed by atoms with Crippen molar-refractivity contribution in [3.05, 3.63) is 81.7 Å². The molecule has 1 saturated heterocycles. The van der Waals surface area contributed by atoms with Crippen LogP contribution in [0.4, 0.5) is 10.7 Å². The van der Waals surface area contributed by atoms with E-state index >= 15 is 0 Å². The molecule has 3 aromatic rings. The number of thiophene rings is 1. The Labute approximate surface area is 229 Å². The highest BCUT2D eigenvalue weighted by Crippen LogP contribution is 2.40. The first-order chi connectivity index (χ1) is 17.5. The molecule has 0 saturated carbocycles. The van der Waals surface area contributed by atoms with Crippen LogP contribution < -0.4 is 8.43 Å². The van der Waals surface area contributed by atoms with Crippen LogP contribution in [0.15, 0.2) is 53.9 Å². The molecule has 188 valence electrons. The predicted molar refractivity (Wildman–Crippen MR) is 152 cm³/mol. The summed E-state index contributed by atoms with van der Waals surface area (Å²) in [5, 5.41) is 5.53. The van der Waals surface area contributed by atoms with E-state index in [1.165, 1.54) is 29.6 Å². The van der Waals surface area contributed by atoms with E-state index in [9.17, 15) is 9.59 Å². The topological polar surface area (TPSA) is 67.9 Å². The van der Waals surface area contributed by atoms with E-state index in [1.54, 1.807) is 0 Å². The molecular weight excluding hydrogens is 587 g/mol. The number of carbonyl (C=O) groups is 2. The molecule has 36 heavy (non-hydrogen) atoms. The molecule has 1 fully saturated rings. The lowest BCUT2D eigenvalue weighted by molar-refractivity contribution is 0.0600. The summed E-state index contributed by atoms with van der Waals surface area (Å²) in [5.74, 6) is -0.428. The summed E-state index contributed by atoms with van der Waals surface area (Å²) >= 11 is 3.73. The molecule has 2 heterocycles. The fourth-order valence-corrected chi connectivity index (χ4v) is 7.00. The van der Waals surface area contributed by atoms with Gasteiger partial charge in [0.25, 0.3) is 5.91 Å². The Morgan fingerprint density at radius 1 is 1.06 bits per heavy atom. The second-order valence-corrected chi connectivity index (χ2v) is 11.2. The predicted octanol–water partition coefficient (Wildman–Crippen LogP) is 6.39. The van der Waals surface area contributed by atoms with Crippen LogP contribution in [0.1, 0.15) is 62.6 Å². The lowest BCUT2D eigenvalue weighted by atomic mass is 9.80. The van der Waals surface area contributed by atoms with Gasteiger partial charge >= 0.3 is 5.97 Å². The maximum atomic E-state index is 13.1. The van der Waals surface area contributed by atoms with Gasteiger partial charge in [-0.1, -0.05) is 24.3 Å². The van der Waals surface area contributed by atoms with Crippen LogP contribution in [0, 0.1) is 0 Å². The number of amides is 1. The monoisotopic (exact) mass is 616 g/mol. The molecule has 1 aromatic heterocycles. The van der Waals surface area contributed by atoms with Gasteiger partial charge in [0.05, 0.1) is 35.5 Å². The van der Waals surface area contributed by atoms with Crippen LogP contribution in [0.2, 0.25) is 0 Å². The maximum Gasteiger partial charge on any atom is 0.341 e. The minimum atomic E-state index is -0.409. The molecule has 5 rings (SSSR count). The molecule has 2 aliphatic rings. The lowest BCUT2D eigenvalue weighted by Crippen LogP contribution is -2.32. The Morgan fingerprint density at radius 3 is 2.50 bits per heavy atom. The van der Waals surface area contributed by atoms with Crippen molar-refractivity contribution in [1.82, 2.24) is 0 Å². The van der Waals surface area contributed by atoms with Crippen molar-refractivity contribution in [2.45, 2.75) is 44.1 Å². The molecule has 1 amide bonds. The highest BCUT2D eigenvalue weighted by molar-refractivity contribution is 14.1. The van der Waals surface area contributed by atoms with Gasteiger partial charge < -0.3 is 17.9 Å². The van der Waals surface area contributed by atoms with Gasteiger partial charge in [0.2, 0.25) is 0 Å². The number of esters is 1. The number of hydrogen-bond donors (Lipinski definition) is 1. The molecule has 8 heteroatoms. The second kappa shape index (κ2) is 11.3. The van der Waals surface area contributed by atoms with Gasteiger partial charge in [0.1, 0.15) is 5.00 Å². The Balaban J connectivity index is 1.33. The van der Waals surface area contributed by atoms with E-state index in [0.717, 1.165) is 56.6 Å². The minimum absolute atomic E-state index is 0.218. The quantitative estimate of drug-likeness (QED) is 0.198. The Morgan fingerprint density at radius 2 is 1.78 bits per heavy atom. The molecule has 0 spiro atoms. The van der Waals surface area contributed by atoms with Crippen molar-refractivity contribution in [3.8, 4) is 0 Å². The number of methoxy groups -OCH3 is 1. The third-order valence-corrected chi connectivity index (χ3v) is 9.37. The Kier molecular flexibility index (Phi) is 7.93. The van der Waals surface area contributed by atoms with E-state index in [-0.39, 0.29) is 11.8 Å². The number of nitrogens with one attached hydrogen (secondary N) is 1. The number of aryl methyl sites for hydroxylation is 1. The van der Waals surface area contributed by atoms with Crippen molar-refractivity contribution in [3.63, 3.8) is 0 Å². The van der Waals surface area contributed by atoms with Crippen LogP contribution in [0.25, 0.3) is 0 Å². The highest BCUT2D eigenvalue weighted by Gasteiger charge is 2.29. The molecule has 1 atom stereocenters. The van der Waals surface area contributed by atoms with E-state index in [2.05, 4.69) is 55.6 Å². The van der Waals surface area contributed by atoms with Crippen LogP contribution in [0.5, 0.6) is 0 Å². The van der Waals surface area contributed by atoms with E-state index < -0.39 is 5.97 Å². The van der Waals surface area contributed by atoms with Gasteiger partial charge in [-0.3, -0.25) is 4.79 Å². The van der Waals surface area contributed by atoms with Gasteiger partial charge in [0.15, 0.2) is 0 Å². The number of ether oxygens (including phenoxy) is 2. The Bertz CT molecular complexity index is 1240. The third-order valence-electron chi connectivity index (χ3n) is 7.11. The van der Waals surface area contributed by atoms with E-state index in [0.29, 0.717) is 22.2 Å². The fraction of sp³-hybridized carbons (Fsp3) is 0.357. The normalized spacial score (nSPS) is 17.8. The zero-order valence-corrected chi connectivity index (χ0v) is 23.1. The smallest absolute Gasteiger partial charge is 0.341 e. The summed E-state index contributed by atoms with van der Waals surface area (Å²) in [5.41, 5.74) is 5.76. The van der Waals surface area contributed by atoms with Crippen LogP contribution in [-0.2, 0) is 22.3 Å². The standard InChI is InChI=1S/C28H29IN2O4S/c1-34-28(33)25-24(21-7-6-18-4-2-3-5-20(18)16-21)17-36-27(25)30-26(32)19-8-10-22(11-9-19)31(29)23-12-14-35-15-13-23/h2-5,8-11,17,21,23H,6-7,12-16H2,1H3,(H,30,32). The van der Waals surface area contributed by atoms with Gasteiger partial charge in [-0.15, -0.1) is 11.3 Å². The van der Waals surface area contributed by atoms with Crippen LogP contribution >= 0.6 is 34.2 Å². The lowest BCUT2D eigenvalue weighted by Gasteiger charge is -2.30. The van der Waals surface area contributed by atoms with E-state index in [4.69, 9.17) is 9.47 Å². The molecule has 1 N–H and O–H groups in total. The number of fused-ring (bicyclic) bond motifs is 1. The van der Waals surface area contributed by atoms with Gasteiger partial charge in [-0.05, 0) is 84.4 Å². The number of rotatable bonds is 6. The first-order valence-corrected chi connectivity index (χ1v) is 14.1. The van der Waals surface area contributed by atoms with Gasteiger partial charge in [0, 0.05) is 30.5 Å². The van der Waals surface area contributed by atoms with Gasteiger partial charge in [-0.2, -0.15) is 0 Å². The Hall–Kier alpha value is -2.43. The molecule has 2 aromatic carbocycles. The number of benzene rings is 2. The number of carbonyl (C=O) groups excluding carboxylic acids is 2.